The van der Waals surface area contributed by atoms with Gasteiger partial charge in [0.1, 0.15) is 5.75 Å². The van der Waals surface area contributed by atoms with Gasteiger partial charge in [0.05, 0.1) is 7.11 Å². The Balaban J connectivity index is 0.00000208. The molecule has 1 aromatic rings. The second kappa shape index (κ2) is 9.09. The van der Waals surface area contributed by atoms with Crippen LogP contribution in [0.3, 0.4) is 0 Å². The van der Waals surface area contributed by atoms with E-state index < -0.39 is 0 Å². The monoisotopic (exact) mass is 350 g/mol. The van der Waals surface area contributed by atoms with Crippen LogP contribution in [0.5, 0.6) is 5.75 Å². The van der Waals surface area contributed by atoms with Crippen LogP contribution >= 0.6 is 12.4 Å². The first kappa shape index (κ1) is 18.8. The summed E-state index contributed by atoms with van der Waals surface area (Å²) in [6.45, 7) is 3.43. The molecule has 1 amide bonds. The quantitative estimate of drug-likeness (QED) is 0.849. The van der Waals surface area contributed by atoms with Crippen molar-refractivity contribution in [3.8, 4) is 5.75 Å². The van der Waals surface area contributed by atoms with Crippen molar-refractivity contribution in [2.75, 3.05) is 26.7 Å². The molecule has 1 atom stereocenters. The van der Waals surface area contributed by atoms with Crippen molar-refractivity contribution >= 4 is 18.3 Å². The highest BCUT2D eigenvalue weighted by atomic mass is 35.5. The first-order chi connectivity index (χ1) is 11.3. The van der Waals surface area contributed by atoms with Crippen LogP contribution in [0.4, 0.5) is 0 Å². The highest BCUT2D eigenvalue weighted by Gasteiger charge is 2.32. The molecule has 1 unspecified atom stereocenters. The third-order valence-electron chi connectivity index (χ3n) is 4.97. The highest BCUT2D eigenvalue weighted by molar-refractivity contribution is 5.85. The van der Waals surface area contributed by atoms with E-state index in [1.54, 1.807) is 7.11 Å². The van der Waals surface area contributed by atoms with Gasteiger partial charge in [-0.2, -0.15) is 0 Å². The zero-order valence-electron chi connectivity index (χ0n) is 14.2. The lowest BCUT2D eigenvalue weighted by molar-refractivity contribution is -0.137. The number of carbonyl (C=O) groups is 1. The number of benzene rings is 1. The van der Waals surface area contributed by atoms with Crippen molar-refractivity contribution in [3.05, 3.63) is 42.0 Å². The topological polar surface area (TPSA) is 41.6 Å². The number of piperidine rings is 1. The minimum Gasteiger partial charge on any atom is -0.497 e. The van der Waals surface area contributed by atoms with E-state index in [-0.39, 0.29) is 18.3 Å². The Hall–Kier alpha value is -1.52. The summed E-state index contributed by atoms with van der Waals surface area (Å²) in [6.07, 6.45) is 7.43. The second-order valence-corrected chi connectivity index (χ2v) is 6.47. The van der Waals surface area contributed by atoms with Gasteiger partial charge in [0.15, 0.2) is 0 Å². The average Bonchev–Trinajstić information content (AvgIpc) is 2.78. The fraction of sp³-hybridized carbons (Fsp3) is 0.526. The number of carbonyl (C=O) groups excluding carboxylic acids is 1. The van der Waals surface area contributed by atoms with Gasteiger partial charge in [-0.05, 0) is 56.0 Å². The summed E-state index contributed by atoms with van der Waals surface area (Å²) in [6, 6.07) is 7.99. The summed E-state index contributed by atoms with van der Waals surface area (Å²) in [5, 5.41) is 3.39. The molecule has 1 fully saturated rings. The Labute approximate surface area is 150 Å². The van der Waals surface area contributed by atoms with Gasteiger partial charge in [-0.1, -0.05) is 24.3 Å². The van der Waals surface area contributed by atoms with Gasteiger partial charge in [-0.25, -0.2) is 0 Å². The maximum absolute atomic E-state index is 13.0. The molecule has 2 aliphatic heterocycles. The second-order valence-electron chi connectivity index (χ2n) is 6.47. The number of nitrogens with zero attached hydrogens (tertiary/aromatic N) is 1. The van der Waals surface area contributed by atoms with Gasteiger partial charge < -0.3 is 15.0 Å². The molecule has 1 aromatic carbocycles. The van der Waals surface area contributed by atoms with E-state index in [0.717, 1.165) is 43.7 Å². The lowest BCUT2D eigenvalue weighted by Crippen LogP contribution is -2.41. The normalized spacial score (nSPS) is 22.0. The molecule has 0 radical (unpaired) electrons. The molecule has 5 heteroatoms. The van der Waals surface area contributed by atoms with E-state index in [9.17, 15) is 4.79 Å². The maximum atomic E-state index is 13.0. The number of hydrogen-bond acceptors (Lipinski definition) is 3. The summed E-state index contributed by atoms with van der Waals surface area (Å²) in [4.78, 5) is 15.0. The molecule has 1 N–H and O–H groups in total. The molecule has 0 bridgehead atoms. The molecule has 0 spiro atoms. The highest BCUT2D eigenvalue weighted by Crippen LogP contribution is 2.29. The molecule has 132 valence electrons. The molecule has 2 heterocycles. The average molecular weight is 351 g/mol. The molecule has 0 aromatic heterocycles. The third kappa shape index (κ3) is 4.52. The van der Waals surface area contributed by atoms with E-state index in [0.29, 0.717) is 24.9 Å². The van der Waals surface area contributed by atoms with Crippen molar-refractivity contribution in [2.45, 2.75) is 25.8 Å². The lowest BCUT2D eigenvalue weighted by Gasteiger charge is -2.32. The minimum absolute atomic E-state index is 0. The summed E-state index contributed by atoms with van der Waals surface area (Å²) in [7, 11) is 1.67. The Morgan fingerprint density at radius 2 is 2.04 bits per heavy atom. The first-order valence-corrected chi connectivity index (χ1v) is 8.55. The summed E-state index contributed by atoms with van der Waals surface area (Å²) in [5.74, 6) is 1.81. The molecular weight excluding hydrogens is 324 g/mol. The number of amides is 1. The zero-order chi connectivity index (χ0) is 16.1. The molecule has 4 nitrogen and oxygen atoms in total. The predicted molar refractivity (Wildman–Crippen MR) is 98.5 cm³/mol. The van der Waals surface area contributed by atoms with Crippen molar-refractivity contribution < 1.29 is 9.53 Å². The van der Waals surface area contributed by atoms with Crippen molar-refractivity contribution in [1.82, 2.24) is 10.2 Å². The molecule has 1 saturated heterocycles. The van der Waals surface area contributed by atoms with Crippen molar-refractivity contribution in [3.63, 3.8) is 0 Å². The maximum Gasteiger partial charge on any atom is 0.226 e. The molecule has 2 aliphatic rings. The van der Waals surface area contributed by atoms with Crippen LogP contribution in [0.15, 0.2) is 36.4 Å². The number of hydrogen-bond donors (Lipinski definition) is 1. The van der Waals surface area contributed by atoms with E-state index in [1.165, 1.54) is 0 Å². The molecule has 0 saturated carbocycles. The number of ether oxygens (including phenoxy) is 1. The van der Waals surface area contributed by atoms with Crippen LogP contribution < -0.4 is 10.1 Å². The Morgan fingerprint density at radius 1 is 1.25 bits per heavy atom. The molecular formula is C19H27ClN2O2. The van der Waals surface area contributed by atoms with Crippen molar-refractivity contribution in [1.29, 1.82) is 0 Å². The van der Waals surface area contributed by atoms with Crippen LogP contribution in [0.1, 0.15) is 24.8 Å². The van der Waals surface area contributed by atoms with Crippen LogP contribution in [0.2, 0.25) is 0 Å². The van der Waals surface area contributed by atoms with Gasteiger partial charge in [0.2, 0.25) is 5.91 Å². The smallest absolute Gasteiger partial charge is 0.226 e. The van der Waals surface area contributed by atoms with Crippen LogP contribution in [-0.4, -0.2) is 37.6 Å². The molecule has 0 aliphatic carbocycles. The standard InChI is InChI=1S/C19H26N2O2.ClH/c1-23-17-6-4-5-15(13-17)14-21-12-3-2-7-18(19(21)22)16-8-10-20-11-9-16;/h2-6,13,16,18,20H,7-12,14H2,1H3;1H. The van der Waals surface area contributed by atoms with Gasteiger partial charge in [0, 0.05) is 19.0 Å². The molecule has 24 heavy (non-hydrogen) atoms. The lowest BCUT2D eigenvalue weighted by atomic mass is 9.82. The van der Waals surface area contributed by atoms with Crippen LogP contribution in [0, 0.1) is 11.8 Å². The number of halogens is 1. The van der Waals surface area contributed by atoms with Gasteiger partial charge in [-0.15, -0.1) is 12.4 Å². The van der Waals surface area contributed by atoms with E-state index in [1.807, 2.05) is 23.1 Å². The Morgan fingerprint density at radius 3 is 2.79 bits per heavy atom. The number of nitrogens with one attached hydrogen (secondary N) is 1. The van der Waals surface area contributed by atoms with Crippen molar-refractivity contribution in [2.24, 2.45) is 11.8 Å². The van der Waals surface area contributed by atoms with Gasteiger partial charge in [0.25, 0.3) is 0 Å². The van der Waals surface area contributed by atoms with E-state index in [2.05, 4.69) is 23.5 Å². The van der Waals surface area contributed by atoms with Gasteiger partial charge in [-0.3, -0.25) is 4.79 Å². The third-order valence-corrected chi connectivity index (χ3v) is 4.97. The number of allylic oxidation sites excluding steroid dienone is 1. The summed E-state index contributed by atoms with van der Waals surface area (Å²) < 4.78 is 5.29. The Bertz CT molecular complexity index is 570. The first-order valence-electron chi connectivity index (χ1n) is 8.55. The minimum atomic E-state index is 0. The van der Waals surface area contributed by atoms with Crippen LogP contribution in [-0.2, 0) is 11.3 Å². The number of methoxy groups -OCH3 is 1. The van der Waals surface area contributed by atoms with E-state index in [4.69, 9.17) is 4.74 Å². The SMILES string of the molecule is COc1cccc(CN2CC=CCC(C3CCNCC3)C2=O)c1.Cl. The fourth-order valence-corrected chi connectivity index (χ4v) is 3.64. The number of rotatable bonds is 4. The Kier molecular flexibility index (Phi) is 7.13. The fourth-order valence-electron chi connectivity index (χ4n) is 3.64. The summed E-state index contributed by atoms with van der Waals surface area (Å²) in [5.41, 5.74) is 1.12. The summed E-state index contributed by atoms with van der Waals surface area (Å²) >= 11 is 0. The van der Waals surface area contributed by atoms with Gasteiger partial charge >= 0.3 is 0 Å². The predicted octanol–water partition coefficient (Wildman–Crippen LogP) is 3.02. The zero-order valence-corrected chi connectivity index (χ0v) is 15.1. The molecule has 3 rings (SSSR count). The van der Waals surface area contributed by atoms with Crippen LogP contribution in [0.25, 0.3) is 0 Å². The largest absolute Gasteiger partial charge is 0.497 e. The van der Waals surface area contributed by atoms with E-state index >= 15 is 0 Å².